The van der Waals surface area contributed by atoms with Gasteiger partial charge in [-0.25, -0.2) is 0 Å². The molecule has 0 aliphatic heterocycles. The van der Waals surface area contributed by atoms with Crippen molar-refractivity contribution in [3.8, 4) is 5.75 Å². The summed E-state index contributed by atoms with van der Waals surface area (Å²) in [5.41, 5.74) is 0.988. The van der Waals surface area contributed by atoms with Gasteiger partial charge in [0.25, 0.3) is 0 Å². The van der Waals surface area contributed by atoms with Crippen molar-refractivity contribution >= 4 is 45.1 Å². The van der Waals surface area contributed by atoms with E-state index in [-0.39, 0.29) is 0 Å². The van der Waals surface area contributed by atoms with E-state index in [1.54, 1.807) is 6.07 Å². The Morgan fingerprint density at radius 1 is 1.04 bits per heavy atom. The third-order valence-corrected chi connectivity index (χ3v) is 5.58. The highest BCUT2D eigenvalue weighted by Gasteiger charge is 2.37. The molecule has 0 aromatic heterocycles. The molecule has 0 saturated heterocycles. The van der Waals surface area contributed by atoms with Crippen LogP contribution in [0.5, 0.6) is 5.75 Å². The number of carbonyl (C=O) groups excluding carboxylic acids is 1. The molecule has 0 radical (unpaired) electrons. The second kappa shape index (κ2) is 7.28. The quantitative estimate of drug-likeness (QED) is 0.271. The number of allylic oxidation sites excluding steroid dienone is 2. The lowest BCUT2D eigenvalue weighted by atomic mass is 9.80. The predicted molar refractivity (Wildman–Crippen MR) is 110 cm³/mol. The van der Waals surface area contributed by atoms with Gasteiger partial charge < -0.3 is 9.84 Å². The Labute approximate surface area is 167 Å². The number of benzene rings is 3. The van der Waals surface area contributed by atoms with Crippen LogP contribution in [0.4, 0.5) is 0 Å². The molecule has 2 unspecified atom stereocenters. The van der Waals surface area contributed by atoms with Crippen molar-refractivity contribution in [2.24, 2.45) is 11.8 Å². The molecule has 0 bridgehead atoms. The number of esters is 1. The maximum atomic E-state index is 13.0. The van der Waals surface area contributed by atoms with E-state index in [1.807, 2.05) is 55.5 Å². The molecule has 0 heterocycles. The van der Waals surface area contributed by atoms with E-state index in [1.165, 1.54) is 0 Å². The standard InChI is InChI=1S/C23H19ClO4/c1-13-6-8-19(20(10-13)22(25)26)23(27)28-21-17-5-3-2-4-14(17)11-15-12-16(24)7-9-18(15)21/h2-7,9,11-12,19-20H,8,10H2,1H3,(H,25,26). The lowest BCUT2D eigenvalue weighted by Gasteiger charge is -2.26. The van der Waals surface area contributed by atoms with Crippen LogP contribution >= 0.6 is 11.6 Å². The van der Waals surface area contributed by atoms with Crippen molar-refractivity contribution in [1.82, 2.24) is 0 Å². The second-order valence-electron chi connectivity index (χ2n) is 7.25. The van der Waals surface area contributed by atoms with E-state index in [2.05, 4.69) is 0 Å². The van der Waals surface area contributed by atoms with E-state index < -0.39 is 23.8 Å². The molecule has 0 fully saturated rings. The van der Waals surface area contributed by atoms with Crippen LogP contribution in [0.1, 0.15) is 19.8 Å². The summed E-state index contributed by atoms with van der Waals surface area (Å²) in [4.78, 5) is 24.7. The SMILES string of the molecule is CC1=CCC(C(=O)Oc2c3ccccc3cc3cc(Cl)ccc23)C(C(=O)O)C1. The van der Waals surface area contributed by atoms with Crippen LogP contribution in [0.15, 0.2) is 60.2 Å². The summed E-state index contributed by atoms with van der Waals surface area (Å²) in [6, 6.07) is 15.0. The molecule has 5 heteroatoms. The van der Waals surface area contributed by atoms with Crippen LogP contribution in [-0.2, 0) is 9.59 Å². The third-order valence-electron chi connectivity index (χ3n) is 5.35. The average Bonchev–Trinajstić information content (AvgIpc) is 2.67. The molecule has 1 aliphatic rings. The fraction of sp³-hybridized carbons (Fsp3) is 0.217. The monoisotopic (exact) mass is 394 g/mol. The first-order valence-corrected chi connectivity index (χ1v) is 9.53. The van der Waals surface area contributed by atoms with Crippen LogP contribution in [0.2, 0.25) is 5.02 Å². The zero-order valence-corrected chi connectivity index (χ0v) is 16.1. The van der Waals surface area contributed by atoms with Crippen molar-refractivity contribution in [3.05, 3.63) is 65.2 Å². The normalized spacial score (nSPS) is 19.4. The maximum absolute atomic E-state index is 13.0. The molecule has 1 N–H and O–H groups in total. The van der Waals surface area contributed by atoms with Gasteiger partial charge >= 0.3 is 11.9 Å². The van der Waals surface area contributed by atoms with Gasteiger partial charge in [0.2, 0.25) is 0 Å². The summed E-state index contributed by atoms with van der Waals surface area (Å²) in [5, 5.41) is 13.5. The van der Waals surface area contributed by atoms with Crippen molar-refractivity contribution in [3.63, 3.8) is 0 Å². The number of halogens is 1. The Morgan fingerprint density at radius 3 is 2.57 bits per heavy atom. The van der Waals surface area contributed by atoms with Gasteiger partial charge in [0.15, 0.2) is 0 Å². The molecule has 1 aliphatic carbocycles. The number of carboxylic acids is 1. The van der Waals surface area contributed by atoms with Crippen LogP contribution in [0, 0.1) is 11.8 Å². The van der Waals surface area contributed by atoms with Crippen molar-refractivity contribution in [2.45, 2.75) is 19.8 Å². The maximum Gasteiger partial charge on any atom is 0.315 e. The predicted octanol–water partition coefficient (Wildman–Crippen LogP) is 5.61. The fourth-order valence-corrected chi connectivity index (χ4v) is 4.05. The Morgan fingerprint density at radius 2 is 1.79 bits per heavy atom. The minimum atomic E-state index is -0.969. The number of carboxylic acid groups (broad SMARTS) is 1. The number of hydrogen-bond acceptors (Lipinski definition) is 3. The lowest BCUT2D eigenvalue weighted by molar-refractivity contribution is -0.152. The zero-order chi connectivity index (χ0) is 19.8. The van der Waals surface area contributed by atoms with Crippen molar-refractivity contribution < 1.29 is 19.4 Å². The first-order valence-electron chi connectivity index (χ1n) is 9.15. The zero-order valence-electron chi connectivity index (χ0n) is 15.3. The fourth-order valence-electron chi connectivity index (χ4n) is 3.87. The molecule has 0 saturated carbocycles. The molecule has 142 valence electrons. The lowest BCUT2D eigenvalue weighted by Crippen LogP contribution is -2.34. The summed E-state index contributed by atoms with van der Waals surface area (Å²) in [6.45, 7) is 1.89. The van der Waals surface area contributed by atoms with E-state index in [0.29, 0.717) is 23.6 Å². The summed E-state index contributed by atoms with van der Waals surface area (Å²) >= 11 is 6.14. The molecular weight excluding hydrogens is 376 g/mol. The van der Waals surface area contributed by atoms with Crippen LogP contribution < -0.4 is 4.74 Å². The van der Waals surface area contributed by atoms with Gasteiger partial charge in [0, 0.05) is 15.8 Å². The minimum Gasteiger partial charge on any atom is -0.481 e. The smallest absolute Gasteiger partial charge is 0.315 e. The highest BCUT2D eigenvalue weighted by atomic mass is 35.5. The molecule has 3 aromatic rings. The molecule has 2 atom stereocenters. The molecule has 28 heavy (non-hydrogen) atoms. The minimum absolute atomic E-state index is 0.362. The van der Waals surface area contributed by atoms with Gasteiger partial charge in [-0.3, -0.25) is 9.59 Å². The second-order valence-corrected chi connectivity index (χ2v) is 7.69. The van der Waals surface area contributed by atoms with Crippen LogP contribution in [-0.4, -0.2) is 17.0 Å². The topological polar surface area (TPSA) is 63.6 Å². The van der Waals surface area contributed by atoms with Gasteiger partial charge in [0.05, 0.1) is 11.8 Å². The van der Waals surface area contributed by atoms with E-state index in [9.17, 15) is 14.7 Å². The van der Waals surface area contributed by atoms with E-state index >= 15 is 0 Å². The number of aliphatic carboxylic acids is 1. The van der Waals surface area contributed by atoms with Crippen molar-refractivity contribution in [1.29, 1.82) is 0 Å². The highest BCUT2D eigenvalue weighted by molar-refractivity contribution is 6.31. The number of fused-ring (bicyclic) bond motifs is 2. The number of rotatable bonds is 3. The molecule has 4 rings (SSSR count). The van der Waals surface area contributed by atoms with Crippen molar-refractivity contribution in [2.75, 3.05) is 0 Å². The first kappa shape index (κ1) is 18.5. The number of ether oxygens (including phenoxy) is 1. The average molecular weight is 395 g/mol. The van der Waals surface area contributed by atoms with E-state index in [4.69, 9.17) is 16.3 Å². The molecule has 3 aromatic carbocycles. The summed E-state index contributed by atoms with van der Waals surface area (Å²) in [7, 11) is 0. The summed E-state index contributed by atoms with van der Waals surface area (Å²) < 4.78 is 5.86. The molecular formula is C23H19ClO4. The molecule has 4 nitrogen and oxygen atoms in total. The van der Waals surface area contributed by atoms with Gasteiger partial charge in [-0.05, 0) is 54.8 Å². The Bertz CT molecular complexity index is 1130. The van der Waals surface area contributed by atoms with Gasteiger partial charge in [-0.15, -0.1) is 0 Å². The third kappa shape index (κ3) is 3.36. The molecule has 0 spiro atoms. The van der Waals surface area contributed by atoms with Gasteiger partial charge in [0.1, 0.15) is 5.75 Å². The highest BCUT2D eigenvalue weighted by Crippen LogP contribution is 2.38. The Balaban J connectivity index is 1.80. The van der Waals surface area contributed by atoms with E-state index in [0.717, 1.165) is 27.1 Å². The molecule has 0 amide bonds. The first-order chi connectivity index (χ1) is 13.4. The van der Waals surface area contributed by atoms with Crippen LogP contribution in [0.3, 0.4) is 0 Å². The van der Waals surface area contributed by atoms with Crippen LogP contribution in [0.25, 0.3) is 21.5 Å². The number of hydrogen-bond donors (Lipinski definition) is 1. The summed E-state index contributed by atoms with van der Waals surface area (Å²) in [5.74, 6) is -2.51. The Hall–Kier alpha value is -2.85. The Kier molecular flexibility index (Phi) is 4.82. The van der Waals surface area contributed by atoms with Gasteiger partial charge in [-0.2, -0.15) is 0 Å². The summed E-state index contributed by atoms with van der Waals surface area (Å²) in [6.07, 6.45) is 2.66. The largest absolute Gasteiger partial charge is 0.481 e. The number of carbonyl (C=O) groups is 2. The van der Waals surface area contributed by atoms with Gasteiger partial charge in [-0.1, -0.05) is 47.5 Å².